The van der Waals surface area contributed by atoms with E-state index < -0.39 is 10.0 Å². The molecule has 32 heavy (non-hydrogen) atoms. The standard InChI is InChI=1S/C25H28N2O4S/c1-3-6-20-11-13-21(14-12-20)31-18-17-26-25(28)23-7-4-5-8-24(23)27-32(29,30)22-15-9-19(2)10-16-22/h4-5,7-16,27H,3,6,17-18H2,1-2H3,(H,26,28). The van der Waals surface area contributed by atoms with Crippen molar-refractivity contribution in [1.82, 2.24) is 5.32 Å². The van der Waals surface area contributed by atoms with Gasteiger partial charge in [0.15, 0.2) is 0 Å². The van der Waals surface area contributed by atoms with Crippen LogP contribution in [0.3, 0.4) is 0 Å². The van der Waals surface area contributed by atoms with Crippen molar-refractivity contribution in [2.45, 2.75) is 31.6 Å². The van der Waals surface area contributed by atoms with E-state index in [-0.39, 0.29) is 28.6 Å². The SMILES string of the molecule is CCCc1ccc(OCCNC(=O)c2ccccc2NS(=O)(=O)c2ccc(C)cc2)cc1. The van der Waals surface area contributed by atoms with Crippen molar-refractivity contribution in [1.29, 1.82) is 0 Å². The second-order valence-electron chi connectivity index (χ2n) is 7.46. The monoisotopic (exact) mass is 452 g/mol. The molecule has 0 aromatic heterocycles. The van der Waals surface area contributed by atoms with Crippen LogP contribution in [0.5, 0.6) is 5.75 Å². The number of ether oxygens (including phenoxy) is 1. The summed E-state index contributed by atoms with van der Waals surface area (Å²) in [7, 11) is -3.81. The number of hydrogen-bond acceptors (Lipinski definition) is 4. The molecule has 0 aliphatic rings. The van der Waals surface area contributed by atoms with Crippen molar-refractivity contribution in [3.05, 3.63) is 89.5 Å². The number of amides is 1. The van der Waals surface area contributed by atoms with Crippen molar-refractivity contribution in [2.24, 2.45) is 0 Å². The average Bonchev–Trinajstić information content (AvgIpc) is 2.78. The van der Waals surface area contributed by atoms with Crippen LogP contribution in [0.15, 0.2) is 77.7 Å². The van der Waals surface area contributed by atoms with Gasteiger partial charge in [-0.05, 0) is 55.3 Å². The van der Waals surface area contributed by atoms with Gasteiger partial charge in [0.1, 0.15) is 12.4 Å². The third-order valence-electron chi connectivity index (χ3n) is 4.87. The van der Waals surface area contributed by atoms with Crippen molar-refractivity contribution < 1.29 is 17.9 Å². The summed E-state index contributed by atoms with van der Waals surface area (Å²) in [6.45, 7) is 4.61. The van der Waals surface area contributed by atoms with Gasteiger partial charge in [0.2, 0.25) is 0 Å². The Hall–Kier alpha value is -3.32. The number of para-hydroxylation sites is 1. The Labute approximate surface area is 189 Å². The van der Waals surface area contributed by atoms with Crippen LogP contribution >= 0.6 is 0 Å². The molecule has 0 aliphatic carbocycles. The fraction of sp³-hybridized carbons (Fsp3) is 0.240. The summed E-state index contributed by atoms with van der Waals surface area (Å²) < 4.78 is 33.6. The predicted octanol–water partition coefficient (Wildman–Crippen LogP) is 4.56. The van der Waals surface area contributed by atoms with Gasteiger partial charge in [-0.15, -0.1) is 0 Å². The molecule has 0 saturated carbocycles. The lowest BCUT2D eigenvalue weighted by Gasteiger charge is -2.13. The number of hydrogen-bond donors (Lipinski definition) is 2. The zero-order valence-electron chi connectivity index (χ0n) is 18.3. The molecule has 0 unspecified atom stereocenters. The average molecular weight is 453 g/mol. The number of benzene rings is 3. The molecule has 0 bridgehead atoms. The van der Waals surface area contributed by atoms with E-state index in [1.165, 1.54) is 17.7 Å². The molecule has 0 aliphatic heterocycles. The number of carbonyl (C=O) groups is 1. The Kier molecular flexibility index (Phi) is 7.89. The largest absolute Gasteiger partial charge is 0.492 e. The van der Waals surface area contributed by atoms with Crippen LogP contribution in [-0.4, -0.2) is 27.5 Å². The van der Waals surface area contributed by atoms with Gasteiger partial charge in [-0.1, -0.05) is 55.3 Å². The quantitative estimate of drug-likeness (QED) is 0.442. The van der Waals surface area contributed by atoms with Crippen LogP contribution in [0.2, 0.25) is 0 Å². The molecule has 1 amide bonds. The molecule has 0 radical (unpaired) electrons. The van der Waals surface area contributed by atoms with Gasteiger partial charge in [0, 0.05) is 0 Å². The maximum Gasteiger partial charge on any atom is 0.261 e. The van der Waals surface area contributed by atoms with Gasteiger partial charge < -0.3 is 10.1 Å². The minimum Gasteiger partial charge on any atom is -0.492 e. The van der Waals surface area contributed by atoms with Crippen LogP contribution in [0.25, 0.3) is 0 Å². The fourth-order valence-corrected chi connectivity index (χ4v) is 4.24. The summed E-state index contributed by atoms with van der Waals surface area (Å²) in [4.78, 5) is 12.8. The van der Waals surface area contributed by atoms with Gasteiger partial charge in [0.25, 0.3) is 15.9 Å². The predicted molar refractivity (Wildman–Crippen MR) is 127 cm³/mol. The molecular weight excluding hydrogens is 424 g/mol. The van der Waals surface area contributed by atoms with E-state index in [0.717, 1.165) is 24.2 Å². The van der Waals surface area contributed by atoms with E-state index in [1.807, 2.05) is 31.2 Å². The summed E-state index contributed by atoms with van der Waals surface area (Å²) in [5.41, 5.74) is 2.69. The Bertz CT molecular complexity index is 1140. The lowest BCUT2D eigenvalue weighted by Crippen LogP contribution is -2.29. The summed E-state index contributed by atoms with van der Waals surface area (Å²) in [6, 6.07) is 20.9. The second kappa shape index (κ2) is 10.8. The number of nitrogens with one attached hydrogen (secondary N) is 2. The van der Waals surface area contributed by atoms with Gasteiger partial charge in [-0.25, -0.2) is 8.42 Å². The summed E-state index contributed by atoms with van der Waals surface area (Å²) in [6.07, 6.45) is 2.12. The van der Waals surface area contributed by atoms with E-state index in [2.05, 4.69) is 17.0 Å². The zero-order chi connectivity index (χ0) is 23.0. The van der Waals surface area contributed by atoms with Gasteiger partial charge >= 0.3 is 0 Å². The van der Waals surface area contributed by atoms with E-state index in [0.29, 0.717) is 6.61 Å². The molecule has 0 atom stereocenters. The first-order valence-corrected chi connectivity index (χ1v) is 12.1. The molecule has 0 heterocycles. The molecule has 3 rings (SSSR count). The molecule has 0 spiro atoms. The lowest BCUT2D eigenvalue weighted by molar-refractivity contribution is 0.0948. The van der Waals surface area contributed by atoms with Crippen molar-refractivity contribution in [3.63, 3.8) is 0 Å². The third kappa shape index (κ3) is 6.34. The van der Waals surface area contributed by atoms with Gasteiger partial charge in [-0.2, -0.15) is 0 Å². The minimum atomic E-state index is -3.81. The highest BCUT2D eigenvalue weighted by atomic mass is 32.2. The van der Waals surface area contributed by atoms with Crippen LogP contribution in [0.4, 0.5) is 5.69 Å². The smallest absolute Gasteiger partial charge is 0.261 e. The van der Waals surface area contributed by atoms with Crippen molar-refractivity contribution in [3.8, 4) is 5.75 Å². The van der Waals surface area contributed by atoms with Crippen LogP contribution in [-0.2, 0) is 16.4 Å². The molecule has 2 N–H and O–H groups in total. The Balaban J connectivity index is 1.58. The molecule has 7 heteroatoms. The second-order valence-corrected chi connectivity index (χ2v) is 9.14. The number of sulfonamides is 1. The highest BCUT2D eigenvalue weighted by molar-refractivity contribution is 7.92. The zero-order valence-corrected chi connectivity index (χ0v) is 19.1. The first-order valence-electron chi connectivity index (χ1n) is 10.6. The van der Waals surface area contributed by atoms with Crippen molar-refractivity contribution >= 4 is 21.6 Å². The highest BCUT2D eigenvalue weighted by Gasteiger charge is 2.18. The van der Waals surface area contributed by atoms with E-state index in [1.54, 1.807) is 36.4 Å². The topological polar surface area (TPSA) is 84.5 Å². The minimum absolute atomic E-state index is 0.136. The number of rotatable bonds is 10. The lowest BCUT2D eigenvalue weighted by atomic mass is 10.1. The maximum atomic E-state index is 12.7. The normalized spacial score (nSPS) is 11.1. The first kappa shape index (κ1) is 23.3. The Morgan fingerprint density at radius 3 is 2.31 bits per heavy atom. The Morgan fingerprint density at radius 2 is 1.62 bits per heavy atom. The van der Waals surface area contributed by atoms with Crippen LogP contribution in [0.1, 0.15) is 34.8 Å². The summed E-state index contributed by atoms with van der Waals surface area (Å²) in [5.74, 6) is 0.361. The molecule has 0 saturated heterocycles. The van der Waals surface area contributed by atoms with E-state index in [4.69, 9.17) is 4.74 Å². The number of anilines is 1. The summed E-state index contributed by atoms with van der Waals surface area (Å²) in [5, 5.41) is 2.78. The fourth-order valence-electron chi connectivity index (χ4n) is 3.16. The first-order chi connectivity index (χ1) is 15.4. The van der Waals surface area contributed by atoms with Crippen LogP contribution < -0.4 is 14.8 Å². The molecule has 6 nitrogen and oxygen atoms in total. The number of aryl methyl sites for hydroxylation is 2. The molecular formula is C25H28N2O4S. The Morgan fingerprint density at radius 1 is 0.938 bits per heavy atom. The molecule has 3 aromatic carbocycles. The number of carbonyl (C=O) groups excluding carboxylic acids is 1. The highest BCUT2D eigenvalue weighted by Crippen LogP contribution is 2.20. The van der Waals surface area contributed by atoms with Crippen LogP contribution in [0, 0.1) is 6.92 Å². The summed E-state index contributed by atoms with van der Waals surface area (Å²) >= 11 is 0. The molecule has 168 valence electrons. The van der Waals surface area contributed by atoms with Gasteiger partial charge in [0.05, 0.1) is 22.7 Å². The van der Waals surface area contributed by atoms with E-state index >= 15 is 0 Å². The van der Waals surface area contributed by atoms with Crippen molar-refractivity contribution in [2.75, 3.05) is 17.9 Å². The maximum absolute atomic E-state index is 12.7. The van der Waals surface area contributed by atoms with E-state index in [9.17, 15) is 13.2 Å². The molecule has 0 fully saturated rings. The van der Waals surface area contributed by atoms with Gasteiger partial charge in [-0.3, -0.25) is 9.52 Å². The third-order valence-corrected chi connectivity index (χ3v) is 6.25. The molecule has 3 aromatic rings.